The monoisotopic (exact) mass is 516 g/mol. The van der Waals surface area contributed by atoms with Gasteiger partial charge in [-0.05, 0) is 36.4 Å². The zero-order chi connectivity index (χ0) is 20.8. The molecule has 0 aliphatic carbocycles. The number of H-pyrrole nitrogens is 2. The molecule has 10 nitrogen and oxygen atoms in total. The van der Waals surface area contributed by atoms with Crippen LogP contribution >= 0.6 is 23.5 Å². The van der Waals surface area contributed by atoms with Crippen LogP contribution in [0.1, 0.15) is 0 Å². The van der Waals surface area contributed by atoms with E-state index in [1.165, 1.54) is 59.9 Å². The van der Waals surface area contributed by atoms with Gasteiger partial charge in [-0.25, -0.2) is 26.8 Å². The van der Waals surface area contributed by atoms with E-state index in [2.05, 4.69) is 19.9 Å². The normalized spacial score (nSPS) is 11.9. The maximum atomic E-state index is 11.1. The van der Waals surface area contributed by atoms with E-state index in [1.54, 1.807) is 0 Å². The van der Waals surface area contributed by atoms with Crippen LogP contribution in [0.2, 0.25) is 0 Å². The second kappa shape index (κ2) is 10.4. The zero-order valence-corrected chi connectivity index (χ0v) is 23.4. The summed E-state index contributed by atoms with van der Waals surface area (Å²) in [6.45, 7) is 0. The summed E-state index contributed by atoms with van der Waals surface area (Å²) in [5.74, 6) is 0. The fraction of sp³-hybridized carbons (Fsp3) is 0.0667. The molecule has 0 atom stereocenters. The van der Waals surface area contributed by atoms with Gasteiger partial charge in [0.25, 0.3) is 0 Å². The number of rotatable bonds is 6. The van der Waals surface area contributed by atoms with E-state index in [0.717, 1.165) is 0 Å². The van der Waals surface area contributed by atoms with E-state index in [9.17, 15) is 25.9 Å². The Hall–Kier alpha value is -0.1000. The molecular formula is C15H10N4Na2O6S4. The largest absolute Gasteiger partial charge is 1.00 e. The maximum Gasteiger partial charge on any atom is 1.00 e. The van der Waals surface area contributed by atoms with Gasteiger partial charge in [0.1, 0.15) is 20.2 Å². The maximum absolute atomic E-state index is 11.1. The number of hydrogen-bond acceptors (Lipinski definition) is 10. The number of thioether (sulfide) groups is 2. The summed E-state index contributed by atoms with van der Waals surface area (Å²) >= 11 is 2.67. The van der Waals surface area contributed by atoms with E-state index < -0.39 is 20.2 Å². The molecule has 2 N–H and O–H groups in total. The minimum absolute atomic E-state index is 0. The third kappa shape index (κ3) is 6.49. The van der Waals surface area contributed by atoms with Gasteiger partial charge in [0.2, 0.25) is 0 Å². The molecule has 0 saturated carbocycles. The van der Waals surface area contributed by atoms with Crippen LogP contribution < -0.4 is 59.1 Å². The minimum atomic E-state index is -4.54. The standard InChI is InChI=1S/C15H12N4O6S4.2Na/c20-28(21,22)8-1-3-10-12(5-8)18-14(16-10)26-7-27-15-17-11-4-2-9(29(23,24)25)6-13(11)19-15;;/h1-6H,7H2,(H,16,18)(H,17,19)(H,20,21,22)(H,23,24,25);;/q;2*+1/p-2. The van der Waals surface area contributed by atoms with Gasteiger partial charge >= 0.3 is 59.1 Å². The van der Waals surface area contributed by atoms with Gasteiger partial charge in [-0.15, -0.1) is 0 Å². The van der Waals surface area contributed by atoms with Crippen LogP contribution in [-0.4, -0.2) is 51.0 Å². The van der Waals surface area contributed by atoms with Crippen molar-refractivity contribution in [2.75, 3.05) is 5.08 Å². The fourth-order valence-corrected chi connectivity index (χ4v) is 5.33. The molecule has 2 aromatic carbocycles. The number of nitrogens with one attached hydrogen (secondary N) is 2. The van der Waals surface area contributed by atoms with Gasteiger partial charge in [-0.1, -0.05) is 23.5 Å². The van der Waals surface area contributed by atoms with Crippen molar-refractivity contribution in [3.8, 4) is 0 Å². The van der Waals surface area contributed by atoms with Crippen LogP contribution in [0.4, 0.5) is 0 Å². The van der Waals surface area contributed by atoms with Crippen molar-refractivity contribution in [1.29, 1.82) is 0 Å². The van der Waals surface area contributed by atoms with E-state index >= 15 is 0 Å². The Labute approximate surface area is 229 Å². The Kier molecular flexibility index (Phi) is 9.15. The smallest absolute Gasteiger partial charge is 0.744 e. The molecule has 0 bridgehead atoms. The van der Waals surface area contributed by atoms with Crippen molar-refractivity contribution in [1.82, 2.24) is 19.9 Å². The summed E-state index contributed by atoms with van der Waals surface area (Å²) in [5, 5.41) is 1.55. The topological polar surface area (TPSA) is 172 Å². The second-order valence-corrected chi connectivity index (χ2v) is 10.8. The number of benzene rings is 2. The van der Waals surface area contributed by atoms with E-state index in [-0.39, 0.29) is 68.9 Å². The van der Waals surface area contributed by atoms with Gasteiger partial charge in [-0.3, -0.25) is 0 Å². The van der Waals surface area contributed by atoms with Crippen LogP contribution in [0.25, 0.3) is 22.1 Å². The number of fused-ring (bicyclic) bond motifs is 2. The molecule has 4 rings (SSSR count). The molecule has 16 heteroatoms. The van der Waals surface area contributed by atoms with Gasteiger partial charge < -0.3 is 19.1 Å². The van der Waals surface area contributed by atoms with E-state index in [1.807, 2.05) is 0 Å². The predicted molar refractivity (Wildman–Crippen MR) is 105 cm³/mol. The van der Waals surface area contributed by atoms with Gasteiger partial charge in [-0.2, -0.15) is 0 Å². The number of nitrogens with zero attached hydrogens (tertiary/aromatic N) is 2. The molecule has 0 aliphatic heterocycles. The second-order valence-electron chi connectivity index (χ2n) is 5.76. The Morgan fingerprint density at radius 2 is 1.13 bits per heavy atom. The quantitative estimate of drug-likeness (QED) is 0.112. The van der Waals surface area contributed by atoms with Gasteiger partial charge in [0.15, 0.2) is 10.3 Å². The third-order valence-electron chi connectivity index (χ3n) is 3.83. The zero-order valence-electron chi connectivity index (χ0n) is 16.1. The van der Waals surface area contributed by atoms with Crippen molar-refractivity contribution in [2.45, 2.75) is 20.1 Å². The number of aromatic amines is 2. The summed E-state index contributed by atoms with van der Waals surface area (Å²) in [5.41, 5.74) is 1.93. The Bertz CT molecular complexity index is 1340. The Balaban J connectivity index is 0.00000171. The number of imidazole rings is 2. The van der Waals surface area contributed by atoms with Crippen LogP contribution in [0.5, 0.6) is 0 Å². The summed E-state index contributed by atoms with van der Waals surface area (Å²) in [6.07, 6.45) is 0. The third-order valence-corrected chi connectivity index (χ3v) is 7.37. The molecule has 0 aliphatic rings. The van der Waals surface area contributed by atoms with Crippen LogP contribution in [0, 0.1) is 0 Å². The molecule has 0 unspecified atom stereocenters. The Morgan fingerprint density at radius 1 is 0.742 bits per heavy atom. The number of aromatic nitrogens is 4. The van der Waals surface area contributed by atoms with Crippen molar-refractivity contribution in [2.24, 2.45) is 0 Å². The first-order chi connectivity index (χ1) is 13.6. The van der Waals surface area contributed by atoms with Crippen molar-refractivity contribution in [3.63, 3.8) is 0 Å². The molecule has 31 heavy (non-hydrogen) atoms. The first-order valence-electron chi connectivity index (χ1n) is 7.76. The molecule has 152 valence electrons. The molecule has 0 radical (unpaired) electrons. The van der Waals surface area contributed by atoms with Gasteiger partial charge in [0, 0.05) is 0 Å². The molecule has 0 saturated heterocycles. The summed E-state index contributed by atoms with van der Waals surface area (Å²) in [6, 6.07) is 7.80. The van der Waals surface area contributed by atoms with Crippen LogP contribution in [0.15, 0.2) is 56.5 Å². The Morgan fingerprint density at radius 3 is 1.48 bits per heavy atom. The fourth-order valence-electron chi connectivity index (χ4n) is 2.52. The van der Waals surface area contributed by atoms with Crippen LogP contribution in [0.3, 0.4) is 0 Å². The van der Waals surface area contributed by atoms with E-state index in [4.69, 9.17) is 0 Å². The summed E-state index contributed by atoms with van der Waals surface area (Å²) < 4.78 is 66.6. The first-order valence-corrected chi connectivity index (χ1v) is 12.6. The predicted octanol–water partition coefficient (Wildman–Crippen LogP) is -3.90. The van der Waals surface area contributed by atoms with Crippen molar-refractivity contribution >= 4 is 65.8 Å². The molecule has 4 aromatic rings. The molecule has 0 fully saturated rings. The first kappa shape index (κ1) is 27.1. The van der Waals surface area contributed by atoms with Crippen molar-refractivity contribution in [3.05, 3.63) is 36.4 Å². The molecule has 0 amide bonds. The average molecular weight is 517 g/mol. The summed E-state index contributed by atoms with van der Waals surface area (Å²) in [7, 11) is -9.08. The molecule has 0 spiro atoms. The van der Waals surface area contributed by atoms with Crippen LogP contribution in [-0.2, 0) is 20.2 Å². The van der Waals surface area contributed by atoms with Gasteiger partial charge in [0.05, 0.1) is 36.9 Å². The summed E-state index contributed by atoms with van der Waals surface area (Å²) in [4.78, 5) is 13.9. The SMILES string of the molecule is O=S(=O)([O-])c1ccc2nc(SCSc3nc4ccc(S(=O)(=O)[O-])cc4[nH]3)[nH]c2c1.[Na+].[Na+]. The van der Waals surface area contributed by atoms with Crippen molar-refractivity contribution < 1.29 is 85.1 Å². The number of hydrogen-bond donors (Lipinski definition) is 2. The molecule has 2 aromatic heterocycles. The molecule has 2 heterocycles. The minimum Gasteiger partial charge on any atom is -0.744 e. The average Bonchev–Trinajstić information content (AvgIpc) is 3.21. The van der Waals surface area contributed by atoms with E-state index in [0.29, 0.717) is 37.5 Å². The molecular weight excluding hydrogens is 506 g/mol.